The fraction of sp³-hybridized carbons (Fsp3) is 0.0682. The number of amides is 1. The van der Waals surface area contributed by atoms with Gasteiger partial charge in [0.2, 0.25) is 17.8 Å². The van der Waals surface area contributed by atoms with Crippen LogP contribution in [0.4, 0.5) is 20.7 Å². The molecule has 2 atom stereocenters. The molecule has 2 aromatic heterocycles. The number of rotatable bonds is 13. The van der Waals surface area contributed by atoms with Crippen molar-refractivity contribution >= 4 is 39.6 Å². The summed E-state index contributed by atoms with van der Waals surface area (Å²) in [5, 5.41) is 17.0. The fourth-order valence-electron chi connectivity index (χ4n) is 6.30. The van der Waals surface area contributed by atoms with E-state index in [0.717, 1.165) is 26.9 Å². The van der Waals surface area contributed by atoms with Crippen LogP contribution in [-0.4, -0.2) is 49.6 Å². The Hall–Kier alpha value is -7.55. The Balaban J connectivity index is 1.02. The quantitative estimate of drug-likeness (QED) is 0.0665. The van der Waals surface area contributed by atoms with E-state index in [1.807, 2.05) is 66.7 Å². The van der Waals surface area contributed by atoms with Crippen LogP contribution in [0.25, 0.3) is 44.3 Å². The minimum atomic E-state index is -1.47. The number of nitrogens with two attached hydrogens (primary N) is 2. The molecule has 2 heterocycles. The van der Waals surface area contributed by atoms with Crippen LogP contribution in [-0.2, 0) is 4.79 Å². The lowest BCUT2D eigenvalue weighted by molar-refractivity contribution is -0.120. The number of aliphatic hydroxyl groups excluding tert-OH is 1. The van der Waals surface area contributed by atoms with Gasteiger partial charge >= 0.3 is 0 Å². The molecule has 0 aliphatic rings. The number of carbonyl (C=O) groups excluding carboxylic acids is 1. The van der Waals surface area contributed by atoms with Crippen molar-refractivity contribution in [1.29, 1.82) is 0 Å². The van der Waals surface area contributed by atoms with Crippen LogP contribution in [0, 0.1) is 11.6 Å². The number of nitrogens with zero attached hydrogens (tertiary/aromatic N) is 5. The molecule has 6 aromatic carbocycles. The molecule has 6 N–H and O–H groups in total. The van der Waals surface area contributed by atoms with Crippen molar-refractivity contribution in [2.24, 2.45) is 11.6 Å². The van der Waals surface area contributed by atoms with Crippen molar-refractivity contribution in [3.05, 3.63) is 157 Å². The van der Waals surface area contributed by atoms with Crippen molar-refractivity contribution in [1.82, 2.24) is 19.9 Å². The standard InChI is InChI=1S/C44H34F2N8O4/c45-28-13-21-32(22-14-28)57-30-17-9-26(10-18-30)39-34-5-1-3-7-36(34)49-43(51-39)52-41(42(47)56)38(55)25-54(48)44-50-37-8-4-2-6-35(37)40(53-44)27-11-19-31(20-12-27)58-33-23-15-29(46)16-24-33/h1-24,38,41,55H,25,48H2,(H2,47,56)(H,49,51,52). The second kappa shape index (κ2) is 16.3. The SMILES string of the molecule is NC(=O)C(Nc1nc(-c2ccc(Oc3ccc(F)cc3)cc2)c2ccccc2n1)C(O)CN(N)c1nc(-c2ccc(Oc3ccc(F)cc3)cc2)c2ccccc2n1. The first kappa shape index (κ1) is 37.4. The topological polar surface area (TPSA) is 175 Å². The average Bonchev–Trinajstić information content (AvgIpc) is 3.24. The first-order valence-corrected chi connectivity index (χ1v) is 18.0. The zero-order chi connectivity index (χ0) is 40.2. The number of hydrogen-bond donors (Lipinski definition) is 4. The Bertz CT molecular complexity index is 2720. The van der Waals surface area contributed by atoms with Crippen molar-refractivity contribution in [2.45, 2.75) is 12.1 Å². The predicted octanol–water partition coefficient (Wildman–Crippen LogP) is 7.78. The van der Waals surface area contributed by atoms with E-state index in [9.17, 15) is 18.7 Å². The van der Waals surface area contributed by atoms with Crippen LogP contribution >= 0.6 is 0 Å². The molecule has 0 radical (unpaired) electrons. The fourth-order valence-corrected chi connectivity index (χ4v) is 6.30. The van der Waals surface area contributed by atoms with E-state index in [2.05, 4.69) is 15.3 Å². The summed E-state index contributed by atoms with van der Waals surface area (Å²) < 4.78 is 38.4. The summed E-state index contributed by atoms with van der Waals surface area (Å²) in [6, 6.07) is 39.1. The number of ether oxygens (including phenoxy) is 2. The van der Waals surface area contributed by atoms with Crippen molar-refractivity contribution in [3.8, 4) is 45.5 Å². The number of primary amides is 1. The number of carbonyl (C=O) groups is 1. The molecule has 12 nitrogen and oxygen atoms in total. The summed E-state index contributed by atoms with van der Waals surface area (Å²) in [6.45, 7) is -0.307. The molecule has 2 unspecified atom stereocenters. The molecule has 1 amide bonds. The van der Waals surface area contributed by atoms with Crippen LogP contribution in [0.3, 0.4) is 0 Å². The van der Waals surface area contributed by atoms with Crippen LogP contribution in [0.1, 0.15) is 0 Å². The Morgan fingerprint density at radius 1 is 0.621 bits per heavy atom. The minimum Gasteiger partial charge on any atom is -0.457 e. The molecule has 0 aliphatic carbocycles. The van der Waals surface area contributed by atoms with Gasteiger partial charge in [0.25, 0.3) is 0 Å². The van der Waals surface area contributed by atoms with Crippen LogP contribution in [0.15, 0.2) is 146 Å². The normalized spacial score (nSPS) is 12.2. The summed E-state index contributed by atoms with van der Waals surface area (Å²) >= 11 is 0. The highest BCUT2D eigenvalue weighted by atomic mass is 19.1. The largest absolute Gasteiger partial charge is 0.457 e. The summed E-state index contributed by atoms with van der Waals surface area (Å²) in [5.41, 5.74) is 9.56. The van der Waals surface area contributed by atoms with E-state index in [0.29, 0.717) is 45.4 Å². The van der Waals surface area contributed by atoms with Gasteiger partial charge in [0, 0.05) is 21.9 Å². The highest BCUT2D eigenvalue weighted by molar-refractivity contribution is 5.94. The third kappa shape index (κ3) is 8.33. The zero-order valence-electron chi connectivity index (χ0n) is 30.5. The third-order valence-corrected chi connectivity index (χ3v) is 9.17. The summed E-state index contributed by atoms with van der Waals surface area (Å²) in [6.07, 6.45) is -1.47. The second-order valence-corrected chi connectivity index (χ2v) is 13.2. The number of hydrogen-bond acceptors (Lipinski definition) is 11. The van der Waals surface area contributed by atoms with Gasteiger partial charge in [-0.1, -0.05) is 36.4 Å². The number of halogens is 2. The van der Waals surface area contributed by atoms with Gasteiger partial charge in [0.05, 0.1) is 29.0 Å². The molecule has 14 heteroatoms. The Labute approximate surface area is 330 Å². The molecule has 0 bridgehead atoms. The number of aromatic nitrogens is 4. The molecule has 0 saturated heterocycles. The molecular formula is C44H34F2N8O4. The number of para-hydroxylation sites is 2. The minimum absolute atomic E-state index is 0.0443. The van der Waals surface area contributed by atoms with E-state index < -0.39 is 18.1 Å². The molecule has 58 heavy (non-hydrogen) atoms. The van der Waals surface area contributed by atoms with E-state index in [1.54, 1.807) is 30.3 Å². The number of nitrogens with one attached hydrogen (secondary N) is 1. The maximum absolute atomic E-state index is 13.4. The number of fused-ring (bicyclic) bond motifs is 2. The van der Waals surface area contributed by atoms with E-state index in [4.69, 9.17) is 31.0 Å². The average molecular weight is 777 g/mol. The summed E-state index contributed by atoms with van der Waals surface area (Å²) in [5.74, 6) is 7.06. The number of benzene rings is 6. The van der Waals surface area contributed by atoms with Crippen molar-refractivity contribution in [3.63, 3.8) is 0 Å². The van der Waals surface area contributed by atoms with Crippen molar-refractivity contribution in [2.75, 3.05) is 16.9 Å². The van der Waals surface area contributed by atoms with Gasteiger partial charge in [-0.25, -0.2) is 34.6 Å². The monoisotopic (exact) mass is 776 g/mol. The molecule has 0 saturated carbocycles. The number of anilines is 2. The van der Waals surface area contributed by atoms with Gasteiger partial charge in [-0.05, 0) is 109 Å². The van der Waals surface area contributed by atoms with E-state index >= 15 is 0 Å². The number of hydrazine groups is 1. The highest BCUT2D eigenvalue weighted by Crippen LogP contribution is 2.32. The Morgan fingerprint density at radius 3 is 1.53 bits per heavy atom. The molecule has 288 valence electrons. The third-order valence-electron chi connectivity index (χ3n) is 9.17. The second-order valence-electron chi connectivity index (χ2n) is 13.2. The molecule has 0 fully saturated rings. The predicted molar refractivity (Wildman–Crippen MR) is 217 cm³/mol. The smallest absolute Gasteiger partial charge is 0.242 e. The van der Waals surface area contributed by atoms with Gasteiger partial charge < -0.3 is 25.6 Å². The van der Waals surface area contributed by atoms with Gasteiger partial charge in [-0.3, -0.25) is 9.80 Å². The van der Waals surface area contributed by atoms with Gasteiger partial charge in [0.1, 0.15) is 46.8 Å². The Kier molecular flexibility index (Phi) is 10.5. The number of aliphatic hydroxyl groups is 1. The molecular weight excluding hydrogens is 743 g/mol. The van der Waals surface area contributed by atoms with Crippen LogP contribution < -0.4 is 31.4 Å². The molecule has 0 aliphatic heterocycles. The van der Waals surface area contributed by atoms with E-state index in [-0.39, 0.29) is 30.1 Å². The van der Waals surface area contributed by atoms with Crippen LogP contribution in [0.5, 0.6) is 23.0 Å². The summed E-state index contributed by atoms with van der Waals surface area (Å²) in [7, 11) is 0. The lowest BCUT2D eigenvalue weighted by Crippen LogP contribution is -2.51. The maximum Gasteiger partial charge on any atom is 0.242 e. The maximum atomic E-state index is 13.4. The summed E-state index contributed by atoms with van der Waals surface area (Å²) in [4.78, 5) is 31.6. The lowest BCUT2D eigenvalue weighted by atomic mass is 10.1. The van der Waals surface area contributed by atoms with Gasteiger partial charge in [-0.2, -0.15) is 0 Å². The first-order valence-electron chi connectivity index (χ1n) is 18.0. The van der Waals surface area contributed by atoms with Crippen LogP contribution in [0.2, 0.25) is 0 Å². The first-order chi connectivity index (χ1) is 28.2. The molecule has 0 spiro atoms. The lowest BCUT2D eigenvalue weighted by Gasteiger charge is -2.26. The highest BCUT2D eigenvalue weighted by Gasteiger charge is 2.29. The molecule has 8 aromatic rings. The van der Waals surface area contributed by atoms with E-state index in [1.165, 1.54) is 48.5 Å². The van der Waals surface area contributed by atoms with Crippen molar-refractivity contribution < 1.29 is 28.2 Å². The van der Waals surface area contributed by atoms with Gasteiger partial charge in [0.15, 0.2) is 0 Å². The molecule has 8 rings (SSSR count). The Morgan fingerprint density at radius 2 is 1.05 bits per heavy atom. The van der Waals surface area contributed by atoms with Gasteiger partial charge in [-0.15, -0.1) is 0 Å². The zero-order valence-corrected chi connectivity index (χ0v) is 30.5.